The van der Waals surface area contributed by atoms with Gasteiger partial charge in [-0.25, -0.2) is 8.42 Å². The first kappa shape index (κ1) is 18.9. The van der Waals surface area contributed by atoms with Gasteiger partial charge in [0.2, 0.25) is 5.91 Å². The molecule has 1 saturated heterocycles. The standard InChI is InChI=1S/C15H22N2O5S2/c1-2-7-16(11-14(19)20)13(18)10-12-5-6-15(23-12)24(21,22)17-8-3-4-9-17/h5-6H,2-4,7-11H2,1H3,(H,19,20). The Kier molecular flexibility index (Phi) is 6.36. The summed E-state index contributed by atoms with van der Waals surface area (Å²) < 4.78 is 26.7. The highest BCUT2D eigenvalue weighted by atomic mass is 32.2. The van der Waals surface area contributed by atoms with Crippen molar-refractivity contribution in [3.63, 3.8) is 0 Å². The first-order chi connectivity index (χ1) is 11.3. The number of thiophene rings is 1. The zero-order valence-corrected chi connectivity index (χ0v) is 15.2. The molecule has 24 heavy (non-hydrogen) atoms. The second kappa shape index (κ2) is 8.09. The Labute approximate surface area is 145 Å². The van der Waals surface area contributed by atoms with Crippen molar-refractivity contribution in [3.05, 3.63) is 17.0 Å². The van der Waals surface area contributed by atoms with Gasteiger partial charge >= 0.3 is 5.97 Å². The molecule has 1 aliphatic rings. The van der Waals surface area contributed by atoms with Crippen molar-refractivity contribution in [3.8, 4) is 0 Å². The number of amides is 1. The molecule has 1 fully saturated rings. The van der Waals surface area contributed by atoms with E-state index in [-0.39, 0.29) is 23.1 Å². The predicted molar refractivity (Wildman–Crippen MR) is 90.5 cm³/mol. The number of carbonyl (C=O) groups is 2. The van der Waals surface area contributed by atoms with E-state index < -0.39 is 16.0 Å². The van der Waals surface area contributed by atoms with Gasteiger partial charge in [0.15, 0.2) is 0 Å². The minimum Gasteiger partial charge on any atom is -0.480 e. The van der Waals surface area contributed by atoms with Crippen molar-refractivity contribution in [2.45, 2.75) is 36.8 Å². The minimum atomic E-state index is -3.47. The molecule has 0 radical (unpaired) electrons. The summed E-state index contributed by atoms with van der Waals surface area (Å²) in [6.07, 6.45) is 2.43. The zero-order chi connectivity index (χ0) is 17.7. The molecule has 0 aromatic carbocycles. The van der Waals surface area contributed by atoms with Crippen LogP contribution in [0.3, 0.4) is 0 Å². The van der Waals surface area contributed by atoms with E-state index in [1.807, 2.05) is 6.92 Å². The smallest absolute Gasteiger partial charge is 0.323 e. The van der Waals surface area contributed by atoms with Gasteiger partial charge in [0.05, 0.1) is 6.42 Å². The maximum Gasteiger partial charge on any atom is 0.323 e. The Bertz CT molecular complexity index is 692. The molecule has 7 nitrogen and oxygen atoms in total. The van der Waals surface area contributed by atoms with Crippen molar-refractivity contribution < 1.29 is 23.1 Å². The van der Waals surface area contributed by atoms with E-state index in [1.54, 1.807) is 6.07 Å². The molecule has 1 N–H and O–H groups in total. The van der Waals surface area contributed by atoms with Crippen LogP contribution < -0.4 is 0 Å². The summed E-state index contributed by atoms with van der Waals surface area (Å²) in [5.74, 6) is -1.36. The van der Waals surface area contributed by atoms with Crippen molar-refractivity contribution in [2.24, 2.45) is 0 Å². The summed E-state index contributed by atoms with van der Waals surface area (Å²) in [6.45, 7) is 2.98. The van der Waals surface area contributed by atoms with Crippen molar-refractivity contribution in [1.82, 2.24) is 9.21 Å². The second-order valence-electron chi connectivity index (χ2n) is 5.72. The van der Waals surface area contributed by atoms with E-state index in [4.69, 9.17) is 5.11 Å². The third-order valence-corrected chi connectivity index (χ3v) is 7.25. The maximum absolute atomic E-state index is 12.5. The highest BCUT2D eigenvalue weighted by molar-refractivity contribution is 7.91. The Morgan fingerprint density at radius 2 is 1.96 bits per heavy atom. The average molecular weight is 374 g/mol. The van der Waals surface area contributed by atoms with Gasteiger partial charge in [-0.05, 0) is 31.4 Å². The van der Waals surface area contributed by atoms with E-state index in [0.717, 1.165) is 24.2 Å². The van der Waals surface area contributed by atoms with Gasteiger partial charge in [0, 0.05) is 24.5 Å². The highest BCUT2D eigenvalue weighted by Gasteiger charge is 2.29. The lowest BCUT2D eigenvalue weighted by molar-refractivity contribution is -0.144. The lowest BCUT2D eigenvalue weighted by Crippen LogP contribution is -2.37. The fourth-order valence-corrected chi connectivity index (χ4v) is 5.65. The number of nitrogens with zero attached hydrogens (tertiary/aromatic N) is 2. The van der Waals surface area contributed by atoms with Crippen LogP contribution in [-0.4, -0.2) is 60.8 Å². The molecule has 2 rings (SSSR count). The van der Waals surface area contributed by atoms with Crippen molar-refractivity contribution in [2.75, 3.05) is 26.2 Å². The number of carboxylic acids is 1. The van der Waals surface area contributed by atoms with Crippen LogP contribution in [0.2, 0.25) is 0 Å². The van der Waals surface area contributed by atoms with Crippen LogP contribution >= 0.6 is 11.3 Å². The molecule has 0 unspecified atom stereocenters. The van der Waals surface area contributed by atoms with Gasteiger partial charge < -0.3 is 10.0 Å². The van der Waals surface area contributed by atoms with Gasteiger partial charge in [-0.3, -0.25) is 9.59 Å². The molecule has 2 heterocycles. The van der Waals surface area contributed by atoms with Crippen LogP contribution in [0.5, 0.6) is 0 Å². The topological polar surface area (TPSA) is 95.0 Å². The first-order valence-corrected chi connectivity index (χ1v) is 10.2. The number of sulfonamides is 1. The molecule has 1 amide bonds. The Morgan fingerprint density at radius 3 is 2.54 bits per heavy atom. The van der Waals surface area contributed by atoms with Crippen molar-refractivity contribution in [1.29, 1.82) is 0 Å². The van der Waals surface area contributed by atoms with E-state index in [2.05, 4.69) is 0 Å². The lowest BCUT2D eigenvalue weighted by Gasteiger charge is -2.19. The second-order valence-corrected chi connectivity index (χ2v) is 9.05. The third kappa shape index (κ3) is 4.55. The number of hydrogen-bond donors (Lipinski definition) is 1. The zero-order valence-electron chi connectivity index (χ0n) is 13.6. The summed E-state index contributed by atoms with van der Waals surface area (Å²) >= 11 is 1.08. The SMILES string of the molecule is CCCN(CC(=O)O)C(=O)Cc1ccc(S(=O)(=O)N2CCCC2)s1. The molecule has 134 valence electrons. The molecular weight excluding hydrogens is 352 g/mol. The van der Waals surface area contributed by atoms with Crippen LogP contribution in [0.4, 0.5) is 0 Å². The van der Waals surface area contributed by atoms with Gasteiger partial charge in [-0.1, -0.05) is 6.92 Å². The fraction of sp³-hybridized carbons (Fsp3) is 0.600. The molecule has 0 bridgehead atoms. The Balaban J connectivity index is 2.07. The van der Waals surface area contributed by atoms with E-state index in [1.165, 1.54) is 15.3 Å². The van der Waals surface area contributed by atoms with Gasteiger partial charge in [-0.15, -0.1) is 11.3 Å². The lowest BCUT2D eigenvalue weighted by atomic mass is 10.3. The molecule has 1 aromatic rings. The van der Waals surface area contributed by atoms with Crippen LogP contribution in [0, 0.1) is 0 Å². The maximum atomic E-state index is 12.5. The number of carbonyl (C=O) groups excluding carboxylic acids is 1. The van der Waals surface area contributed by atoms with E-state index in [9.17, 15) is 18.0 Å². The predicted octanol–water partition coefficient (Wildman–Crippen LogP) is 1.40. The first-order valence-electron chi connectivity index (χ1n) is 7.93. The molecular formula is C15H22N2O5S2. The minimum absolute atomic E-state index is 0.0213. The number of aliphatic carboxylic acids is 1. The summed E-state index contributed by atoms with van der Waals surface area (Å²) in [5.41, 5.74) is 0. The number of hydrogen-bond acceptors (Lipinski definition) is 5. The van der Waals surface area contributed by atoms with Crippen LogP contribution in [0.25, 0.3) is 0 Å². The normalized spacial score (nSPS) is 15.5. The molecule has 1 aliphatic heterocycles. The Hall–Kier alpha value is -1.45. The summed E-state index contributed by atoms with van der Waals surface area (Å²) in [6, 6.07) is 3.17. The van der Waals surface area contributed by atoms with Crippen LogP contribution in [0.15, 0.2) is 16.3 Å². The number of rotatable bonds is 8. The van der Waals surface area contributed by atoms with Crippen LogP contribution in [-0.2, 0) is 26.0 Å². The van der Waals surface area contributed by atoms with Gasteiger partial charge in [-0.2, -0.15) is 4.31 Å². The van der Waals surface area contributed by atoms with E-state index >= 15 is 0 Å². The summed E-state index contributed by atoms with van der Waals surface area (Å²) in [4.78, 5) is 25.0. The molecule has 0 spiro atoms. The third-order valence-electron chi connectivity index (χ3n) is 3.79. The monoisotopic (exact) mass is 374 g/mol. The Morgan fingerprint density at radius 1 is 1.29 bits per heavy atom. The molecule has 0 saturated carbocycles. The summed E-state index contributed by atoms with van der Waals surface area (Å²) in [5, 5.41) is 8.88. The molecule has 9 heteroatoms. The summed E-state index contributed by atoms with van der Waals surface area (Å²) in [7, 11) is -3.47. The quantitative estimate of drug-likeness (QED) is 0.742. The largest absolute Gasteiger partial charge is 0.480 e. The van der Waals surface area contributed by atoms with Crippen molar-refractivity contribution >= 4 is 33.2 Å². The van der Waals surface area contributed by atoms with E-state index in [0.29, 0.717) is 30.9 Å². The number of carboxylic acid groups (broad SMARTS) is 1. The molecule has 0 aliphatic carbocycles. The van der Waals surface area contributed by atoms with Crippen LogP contribution in [0.1, 0.15) is 31.1 Å². The average Bonchev–Trinajstić information content (AvgIpc) is 3.18. The highest BCUT2D eigenvalue weighted by Crippen LogP contribution is 2.27. The van der Waals surface area contributed by atoms with Gasteiger partial charge in [0.1, 0.15) is 10.8 Å². The molecule has 1 aromatic heterocycles. The fourth-order valence-electron chi connectivity index (χ4n) is 2.63. The molecule has 0 atom stereocenters. The van der Waals surface area contributed by atoms with Gasteiger partial charge in [0.25, 0.3) is 10.0 Å².